The molecule has 0 aliphatic heterocycles. The first-order valence-electron chi connectivity index (χ1n) is 7.29. The van der Waals surface area contributed by atoms with Crippen LogP contribution in [0.5, 0.6) is 0 Å². The number of amides is 1. The quantitative estimate of drug-likeness (QED) is 0.721. The molecule has 0 saturated heterocycles. The van der Waals surface area contributed by atoms with Gasteiger partial charge in [0, 0.05) is 29.6 Å². The Labute approximate surface area is 138 Å². The van der Waals surface area contributed by atoms with Gasteiger partial charge in [-0.05, 0) is 25.0 Å². The number of halogens is 1. The zero-order valence-corrected chi connectivity index (χ0v) is 13.2. The Kier molecular flexibility index (Phi) is 6.17. The van der Waals surface area contributed by atoms with Gasteiger partial charge in [0.25, 0.3) is 5.91 Å². The molecule has 1 amide bonds. The van der Waals surface area contributed by atoms with Crippen LogP contribution in [0.15, 0.2) is 34.9 Å². The molecule has 23 heavy (non-hydrogen) atoms. The van der Waals surface area contributed by atoms with Crippen molar-refractivity contribution in [1.29, 1.82) is 0 Å². The van der Waals surface area contributed by atoms with Crippen LogP contribution in [-0.4, -0.2) is 28.7 Å². The summed E-state index contributed by atoms with van der Waals surface area (Å²) in [4.78, 5) is 22.3. The first kappa shape index (κ1) is 17.0. The molecule has 0 unspecified atom stereocenters. The van der Waals surface area contributed by atoms with E-state index >= 15 is 0 Å². The molecule has 0 fully saturated rings. The number of nitrogens with zero attached hydrogens (tertiary/aromatic N) is 1. The molecule has 0 spiro atoms. The standard InChI is InChI=1S/C16H17ClN2O4/c17-12-6-4-5-11(9-12)13-10-14(23-19-13)16(22)18-8-3-1-2-7-15(20)21/h4-6,9-10H,1-3,7-8H2,(H,18,22)(H,20,21). The lowest BCUT2D eigenvalue weighted by atomic mass is 10.1. The van der Waals surface area contributed by atoms with Crippen molar-refractivity contribution in [2.24, 2.45) is 0 Å². The molecule has 0 aliphatic rings. The van der Waals surface area contributed by atoms with E-state index in [0.717, 1.165) is 12.0 Å². The van der Waals surface area contributed by atoms with E-state index in [1.807, 2.05) is 6.07 Å². The van der Waals surface area contributed by atoms with E-state index in [1.54, 1.807) is 24.3 Å². The molecule has 0 aliphatic carbocycles. The van der Waals surface area contributed by atoms with E-state index in [1.165, 1.54) is 0 Å². The highest BCUT2D eigenvalue weighted by Gasteiger charge is 2.13. The minimum absolute atomic E-state index is 0.130. The van der Waals surface area contributed by atoms with Gasteiger partial charge in [-0.3, -0.25) is 9.59 Å². The molecule has 1 aromatic heterocycles. The zero-order chi connectivity index (χ0) is 16.7. The maximum absolute atomic E-state index is 11.9. The van der Waals surface area contributed by atoms with E-state index < -0.39 is 5.97 Å². The van der Waals surface area contributed by atoms with Crippen molar-refractivity contribution in [3.8, 4) is 11.3 Å². The van der Waals surface area contributed by atoms with Crippen LogP contribution in [0.4, 0.5) is 0 Å². The predicted molar refractivity (Wildman–Crippen MR) is 85.4 cm³/mol. The Morgan fingerprint density at radius 3 is 2.78 bits per heavy atom. The minimum atomic E-state index is -0.802. The summed E-state index contributed by atoms with van der Waals surface area (Å²) in [6, 6.07) is 8.68. The first-order chi connectivity index (χ1) is 11.1. The number of unbranched alkanes of at least 4 members (excludes halogenated alkanes) is 2. The number of hydrogen-bond donors (Lipinski definition) is 2. The maximum Gasteiger partial charge on any atom is 0.303 e. The van der Waals surface area contributed by atoms with Crippen LogP contribution in [0.25, 0.3) is 11.3 Å². The van der Waals surface area contributed by atoms with Gasteiger partial charge in [-0.2, -0.15) is 0 Å². The molecule has 2 rings (SSSR count). The number of aromatic nitrogens is 1. The van der Waals surface area contributed by atoms with Gasteiger partial charge in [-0.1, -0.05) is 35.3 Å². The number of carboxylic acid groups (broad SMARTS) is 1. The maximum atomic E-state index is 11.9. The molecule has 6 nitrogen and oxygen atoms in total. The van der Waals surface area contributed by atoms with Crippen molar-refractivity contribution in [2.75, 3.05) is 6.54 Å². The largest absolute Gasteiger partial charge is 0.481 e. The topological polar surface area (TPSA) is 92.4 Å². The molecule has 0 radical (unpaired) electrons. The van der Waals surface area contributed by atoms with Crippen molar-refractivity contribution in [2.45, 2.75) is 25.7 Å². The number of benzene rings is 1. The van der Waals surface area contributed by atoms with E-state index in [4.69, 9.17) is 21.2 Å². The normalized spacial score (nSPS) is 10.5. The van der Waals surface area contributed by atoms with E-state index in [0.29, 0.717) is 30.1 Å². The van der Waals surface area contributed by atoms with E-state index in [9.17, 15) is 9.59 Å². The predicted octanol–water partition coefficient (Wildman–Crippen LogP) is 3.37. The summed E-state index contributed by atoms with van der Waals surface area (Å²) in [7, 11) is 0. The van der Waals surface area contributed by atoms with Crippen LogP contribution in [0.3, 0.4) is 0 Å². The van der Waals surface area contributed by atoms with Crippen LogP contribution in [0.1, 0.15) is 36.2 Å². The number of carbonyl (C=O) groups is 2. The monoisotopic (exact) mass is 336 g/mol. The lowest BCUT2D eigenvalue weighted by Gasteiger charge is -2.01. The van der Waals surface area contributed by atoms with Gasteiger partial charge < -0.3 is 14.9 Å². The fourth-order valence-corrected chi connectivity index (χ4v) is 2.22. The average Bonchev–Trinajstić information content (AvgIpc) is 3.00. The van der Waals surface area contributed by atoms with Gasteiger partial charge in [0.05, 0.1) is 0 Å². The van der Waals surface area contributed by atoms with Gasteiger partial charge in [-0.25, -0.2) is 0 Å². The third-order valence-corrected chi connectivity index (χ3v) is 3.44. The number of carboxylic acids is 1. The van der Waals surface area contributed by atoms with Crippen LogP contribution < -0.4 is 5.32 Å². The molecular weight excluding hydrogens is 320 g/mol. The second-order valence-electron chi connectivity index (χ2n) is 5.05. The third kappa shape index (κ3) is 5.41. The summed E-state index contributed by atoms with van der Waals surface area (Å²) in [5.74, 6) is -1.02. The summed E-state index contributed by atoms with van der Waals surface area (Å²) in [6.45, 7) is 0.464. The Morgan fingerprint density at radius 2 is 2.04 bits per heavy atom. The van der Waals surface area contributed by atoms with Crippen LogP contribution in [-0.2, 0) is 4.79 Å². The summed E-state index contributed by atoms with van der Waals surface area (Å²) < 4.78 is 5.05. The number of aliphatic carboxylic acids is 1. The van der Waals surface area contributed by atoms with Gasteiger partial charge in [-0.15, -0.1) is 0 Å². The van der Waals surface area contributed by atoms with Gasteiger partial charge in [0.1, 0.15) is 5.69 Å². The fraction of sp³-hybridized carbons (Fsp3) is 0.312. The van der Waals surface area contributed by atoms with Crippen molar-refractivity contribution in [1.82, 2.24) is 10.5 Å². The summed E-state index contributed by atoms with van der Waals surface area (Å²) >= 11 is 5.92. The highest BCUT2D eigenvalue weighted by atomic mass is 35.5. The zero-order valence-electron chi connectivity index (χ0n) is 12.4. The molecule has 0 saturated carbocycles. The lowest BCUT2D eigenvalue weighted by molar-refractivity contribution is -0.137. The van der Waals surface area contributed by atoms with Crippen LogP contribution >= 0.6 is 11.6 Å². The molecule has 1 aromatic carbocycles. The molecule has 7 heteroatoms. The third-order valence-electron chi connectivity index (χ3n) is 3.21. The number of hydrogen-bond acceptors (Lipinski definition) is 4. The molecular formula is C16H17ClN2O4. The van der Waals surface area contributed by atoms with Crippen LogP contribution in [0.2, 0.25) is 5.02 Å². The smallest absolute Gasteiger partial charge is 0.303 e. The molecule has 2 aromatic rings. The first-order valence-corrected chi connectivity index (χ1v) is 7.66. The molecule has 0 bridgehead atoms. The summed E-state index contributed by atoms with van der Waals surface area (Å²) in [5, 5.41) is 15.7. The Morgan fingerprint density at radius 1 is 1.22 bits per heavy atom. The number of nitrogens with one attached hydrogen (secondary N) is 1. The summed E-state index contributed by atoms with van der Waals surface area (Å²) in [5.41, 5.74) is 1.31. The Hall–Kier alpha value is -2.34. The van der Waals surface area contributed by atoms with Crippen molar-refractivity contribution in [3.63, 3.8) is 0 Å². The van der Waals surface area contributed by atoms with Gasteiger partial charge in [0.15, 0.2) is 0 Å². The number of rotatable bonds is 8. The molecule has 1 heterocycles. The van der Waals surface area contributed by atoms with Gasteiger partial charge in [0.2, 0.25) is 5.76 Å². The second-order valence-corrected chi connectivity index (χ2v) is 5.48. The molecule has 0 atom stereocenters. The molecule has 122 valence electrons. The van der Waals surface area contributed by atoms with E-state index in [2.05, 4.69) is 10.5 Å². The van der Waals surface area contributed by atoms with Crippen molar-refractivity contribution >= 4 is 23.5 Å². The van der Waals surface area contributed by atoms with Gasteiger partial charge >= 0.3 is 5.97 Å². The Bertz CT molecular complexity index is 684. The Balaban J connectivity index is 1.81. The fourth-order valence-electron chi connectivity index (χ4n) is 2.03. The highest BCUT2D eigenvalue weighted by molar-refractivity contribution is 6.30. The van der Waals surface area contributed by atoms with Crippen molar-refractivity contribution < 1.29 is 19.2 Å². The van der Waals surface area contributed by atoms with Crippen LogP contribution in [0, 0.1) is 0 Å². The highest BCUT2D eigenvalue weighted by Crippen LogP contribution is 2.22. The molecule has 2 N–H and O–H groups in total. The second kappa shape index (κ2) is 8.33. The lowest BCUT2D eigenvalue weighted by Crippen LogP contribution is -2.23. The number of carbonyl (C=O) groups excluding carboxylic acids is 1. The van der Waals surface area contributed by atoms with Crippen molar-refractivity contribution in [3.05, 3.63) is 41.1 Å². The van der Waals surface area contributed by atoms with E-state index in [-0.39, 0.29) is 18.1 Å². The average molecular weight is 337 g/mol. The SMILES string of the molecule is O=C(O)CCCCCNC(=O)c1cc(-c2cccc(Cl)c2)no1. The summed E-state index contributed by atoms with van der Waals surface area (Å²) in [6.07, 6.45) is 2.22. The minimum Gasteiger partial charge on any atom is -0.481 e.